The highest BCUT2D eigenvalue weighted by Crippen LogP contribution is 1.87. The van der Waals surface area contributed by atoms with E-state index in [0.29, 0.717) is 0 Å². The van der Waals surface area contributed by atoms with E-state index < -0.39 is 12.0 Å². The Morgan fingerprint density at radius 3 is 2.82 bits per heavy atom. The first-order valence-corrected chi connectivity index (χ1v) is 3.82. The van der Waals surface area contributed by atoms with E-state index in [-0.39, 0.29) is 0 Å². The second kappa shape index (κ2) is 5.77. The zero-order chi connectivity index (χ0) is 8.69. The Hall–Kier alpha value is -0.990. The van der Waals surface area contributed by atoms with Gasteiger partial charge in [-0.2, -0.15) is 0 Å². The minimum Gasteiger partial charge on any atom is -0.480 e. The predicted octanol–water partition coefficient (Wildman–Crippen LogP) is 1.36. The number of unbranched alkanes of at least 4 members (excludes halogenated alkanes) is 1. The maximum Gasteiger partial charge on any atom is 0.325 e. The summed E-state index contributed by atoms with van der Waals surface area (Å²) in [5.41, 5.74) is 0. The van der Waals surface area contributed by atoms with E-state index in [1.165, 1.54) is 0 Å². The Morgan fingerprint density at radius 1 is 1.73 bits per heavy atom. The van der Waals surface area contributed by atoms with Crippen molar-refractivity contribution in [1.82, 2.24) is 5.32 Å². The first-order chi connectivity index (χ1) is 5.18. The van der Waals surface area contributed by atoms with Crippen LogP contribution in [0.1, 0.15) is 26.7 Å². The van der Waals surface area contributed by atoms with Crippen LogP contribution in [0.4, 0.5) is 0 Å². The molecule has 11 heavy (non-hydrogen) atoms. The molecule has 1 atom stereocenters. The third-order valence-corrected chi connectivity index (χ3v) is 1.29. The third-order valence-electron chi connectivity index (χ3n) is 1.29. The Labute approximate surface area is 67.1 Å². The van der Waals surface area contributed by atoms with Gasteiger partial charge in [-0.05, 0) is 19.5 Å². The summed E-state index contributed by atoms with van der Waals surface area (Å²) in [7, 11) is 0. The molecule has 0 bridgehead atoms. The summed E-state index contributed by atoms with van der Waals surface area (Å²) in [6.45, 7) is 3.68. The Balaban J connectivity index is 3.44. The Morgan fingerprint density at radius 2 is 2.36 bits per heavy atom. The maximum absolute atomic E-state index is 10.3. The van der Waals surface area contributed by atoms with E-state index in [4.69, 9.17) is 5.11 Å². The smallest absolute Gasteiger partial charge is 0.325 e. The largest absolute Gasteiger partial charge is 0.480 e. The molecule has 0 saturated heterocycles. The van der Waals surface area contributed by atoms with Crippen LogP contribution in [0.15, 0.2) is 12.3 Å². The van der Waals surface area contributed by atoms with Crippen LogP contribution in [0.5, 0.6) is 0 Å². The van der Waals surface area contributed by atoms with E-state index in [9.17, 15) is 4.79 Å². The molecule has 64 valence electrons. The third kappa shape index (κ3) is 5.45. The van der Waals surface area contributed by atoms with Gasteiger partial charge in [-0.3, -0.25) is 4.79 Å². The molecule has 0 unspecified atom stereocenters. The molecule has 2 N–H and O–H groups in total. The van der Waals surface area contributed by atoms with Gasteiger partial charge in [-0.15, -0.1) is 0 Å². The number of nitrogens with one attached hydrogen (secondary N) is 1. The van der Waals surface area contributed by atoms with Gasteiger partial charge in [0.15, 0.2) is 0 Å². The molecular weight excluding hydrogens is 142 g/mol. The van der Waals surface area contributed by atoms with Crippen LogP contribution < -0.4 is 5.32 Å². The first kappa shape index (κ1) is 10.0. The topological polar surface area (TPSA) is 49.3 Å². The molecule has 0 aromatic heterocycles. The summed E-state index contributed by atoms with van der Waals surface area (Å²) in [6.07, 6.45) is 5.70. The summed E-state index contributed by atoms with van der Waals surface area (Å²) in [5, 5.41) is 11.2. The normalized spacial score (nSPS) is 13.3. The molecule has 0 spiro atoms. The zero-order valence-electron chi connectivity index (χ0n) is 7.00. The highest BCUT2D eigenvalue weighted by molar-refractivity contribution is 5.72. The van der Waals surface area contributed by atoms with Gasteiger partial charge < -0.3 is 10.4 Å². The molecule has 0 aliphatic heterocycles. The van der Waals surface area contributed by atoms with Gasteiger partial charge >= 0.3 is 5.97 Å². The van der Waals surface area contributed by atoms with Gasteiger partial charge in [0.1, 0.15) is 6.04 Å². The van der Waals surface area contributed by atoms with Crippen LogP contribution in [0.25, 0.3) is 0 Å². The number of aliphatic carboxylic acids is 1. The van der Waals surface area contributed by atoms with Crippen LogP contribution >= 0.6 is 0 Å². The van der Waals surface area contributed by atoms with Crippen LogP contribution in [-0.4, -0.2) is 17.1 Å². The minimum absolute atomic E-state index is 0.497. The van der Waals surface area contributed by atoms with Gasteiger partial charge in [0.2, 0.25) is 0 Å². The van der Waals surface area contributed by atoms with E-state index in [0.717, 1.165) is 12.8 Å². The van der Waals surface area contributed by atoms with Gasteiger partial charge in [0, 0.05) is 0 Å². The molecule has 0 aliphatic carbocycles. The van der Waals surface area contributed by atoms with Gasteiger partial charge in [0.05, 0.1) is 0 Å². The van der Waals surface area contributed by atoms with Crippen molar-refractivity contribution in [3.8, 4) is 0 Å². The van der Waals surface area contributed by atoms with Gasteiger partial charge in [-0.1, -0.05) is 19.4 Å². The number of carbonyl (C=O) groups is 1. The molecule has 0 amide bonds. The van der Waals surface area contributed by atoms with Gasteiger partial charge in [-0.25, -0.2) is 0 Å². The quantitative estimate of drug-likeness (QED) is 0.633. The monoisotopic (exact) mass is 157 g/mol. The lowest BCUT2D eigenvalue weighted by Crippen LogP contribution is -2.29. The van der Waals surface area contributed by atoms with Crippen molar-refractivity contribution in [1.29, 1.82) is 0 Å². The average Bonchev–Trinajstić information content (AvgIpc) is 1.97. The zero-order valence-corrected chi connectivity index (χ0v) is 7.00. The molecule has 0 saturated carbocycles. The highest BCUT2D eigenvalue weighted by Gasteiger charge is 2.05. The molecule has 0 fully saturated rings. The molecular formula is C8H15NO2. The summed E-state index contributed by atoms with van der Waals surface area (Å²) in [6, 6.07) is -0.497. The van der Waals surface area contributed by atoms with Gasteiger partial charge in [0.25, 0.3) is 0 Å². The number of carboxylic acids is 1. The molecule has 0 heterocycles. The lowest BCUT2D eigenvalue weighted by atomic mass is 10.3. The van der Waals surface area contributed by atoms with Crippen molar-refractivity contribution < 1.29 is 9.90 Å². The number of allylic oxidation sites excluding steroid dienone is 1. The molecule has 0 aromatic rings. The summed E-state index contributed by atoms with van der Waals surface area (Å²) in [4.78, 5) is 10.3. The lowest BCUT2D eigenvalue weighted by Gasteiger charge is -2.04. The van der Waals surface area contributed by atoms with E-state index in [1.807, 2.05) is 6.08 Å². The van der Waals surface area contributed by atoms with Crippen LogP contribution in [-0.2, 0) is 4.79 Å². The number of hydrogen-bond donors (Lipinski definition) is 2. The Bertz CT molecular complexity index is 143. The average molecular weight is 157 g/mol. The first-order valence-electron chi connectivity index (χ1n) is 3.82. The molecule has 0 aliphatic rings. The van der Waals surface area contributed by atoms with Crippen LogP contribution in [0.2, 0.25) is 0 Å². The second-order valence-corrected chi connectivity index (χ2v) is 2.42. The minimum atomic E-state index is -0.828. The van der Waals surface area contributed by atoms with Crippen LogP contribution in [0.3, 0.4) is 0 Å². The fourth-order valence-corrected chi connectivity index (χ4v) is 0.534. The Kier molecular flexibility index (Phi) is 5.25. The van der Waals surface area contributed by atoms with Crippen LogP contribution in [0, 0.1) is 0 Å². The molecule has 0 rings (SSSR count). The predicted molar refractivity (Wildman–Crippen MR) is 44.3 cm³/mol. The van der Waals surface area contributed by atoms with E-state index in [2.05, 4.69) is 12.2 Å². The van der Waals surface area contributed by atoms with Crippen molar-refractivity contribution in [3.05, 3.63) is 12.3 Å². The van der Waals surface area contributed by atoms with Crippen molar-refractivity contribution in [2.75, 3.05) is 0 Å². The molecule has 3 heteroatoms. The summed E-state index contributed by atoms with van der Waals surface area (Å²) >= 11 is 0. The van der Waals surface area contributed by atoms with Crippen molar-refractivity contribution in [2.45, 2.75) is 32.7 Å². The SMILES string of the molecule is CCC/C=C/N[C@@H](C)C(=O)O. The lowest BCUT2D eigenvalue weighted by molar-refractivity contribution is -0.138. The second-order valence-electron chi connectivity index (χ2n) is 2.42. The highest BCUT2D eigenvalue weighted by atomic mass is 16.4. The van der Waals surface area contributed by atoms with E-state index in [1.54, 1.807) is 13.1 Å². The fraction of sp³-hybridized carbons (Fsp3) is 0.625. The number of rotatable bonds is 5. The molecule has 3 nitrogen and oxygen atoms in total. The number of hydrogen-bond acceptors (Lipinski definition) is 2. The summed E-state index contributed by atoms with van der Waals surface area (Å²) in [5.74, 6) is -0.828. The van der Waals surface area contributed by atoms with Crippen molar-refractivity contribution in [3.63, 3.8) is 0 Å². The maximum atomic E-state index is 10.3. The van der Waals surface area contributed by atoms with E-state index >= 15 is 0 Å². The standard InChI is InChI=1S/C8H15NO2/c1-3-4-5-6-9-7(2)8(10)11/h5-7,9H,3-4H2,1-2H3,(H,10,11)/b6-5+/t7-/m0/s1. The molecule has 0 aromatic carbocycles. The molecule has 0 radical (unpaired) electrons. The van der Waals surface area contributed by atoms with Crippen molar-refractivity contribution >= 4 is 5.97 Å². The summed E-state index contributed by atoms with van der Waals surface area (Å²) < 4.78 is 0. The number of carboxylic acid groups (broad SMARTS) is 1. The van der Waals surface area contributed by atoms with Crippen molar-refractivity contribution in [2.24, 2.45) is 0 Å². The fourth-order valence-electron chi connectivity index (χ4n) is 0.534.